The molecule has 0 radical (unpaired) electrons. The maximum atomic E-state index is 13.2. The van der Waals surface area contributed by atoms with E-state index < -0.39 is 4.92 Å². The van der Waals surface area contributed by atoms with Gasteiger partial charge in [0, 0.05) is 55.2 Å². The van der Waals surface area contributed by atoms with Crippen molar-refractivity contribution in [1.29, 1.82) is 0 Å². The number of nitrogens with zero attached hydrogens (tertiary/aromatic N) is 5. The number of pyridine rings is 1. The van der Waals surface area contributed by atoms with Crippen molar-refractivity contribution in [1.82, 2.24) is 20.0 Å². The topological polar surface area (TPSA) is 115 Å². The minimum absolute atomic E-state index is 0.122. The molecule has 0 saturated heterocycles. The Labute approximate surface area is 189 Å². The summed E-state index contributed by atoms with van der Waals surface area (Å²) in [5.41, 5.74) is 2.02. The molecule has 0 N–H and O–H groups in total. The Bertz CT molecular complexity index is 1230. The van der Waals surface area contributed by atoms with Gasteiger partial charge in [0.1, 0.15) is 0 Å². The van der Waals surface area contributed by atoms with E-state index in [0.29, 0.717) is 37.6 Å². The molecule has 2 aromatic heterocycles. The largest absolute Gasteiger partial charge is 0.339 e. The van der Waals surface area contributed by atoms with Gasteiger partial charge in [-0.05, 0) is 30.2 Å². The van der Waals surface area contributed by atoms with Gasteiger partial charge in [-0.25, -0.2) is 0 Å². The molecule has 0 aliphatic carbocycles. The molecule has 2 aromatic carbocycles. The predicted molar refractivity (Wildman–Crippen MR) is 120 cm³/mol. The van der Waals surface area contributed by atoms with E-state index >= 15 is 0 Å². The molecule has 0 aliphatic rings. The second-order valence-corrected chi connectivity index (χ2v) is 7.33. The summed E-state index contributed by atoms with van der Waals surface area (Å²) in [7, 11) is 0. The van der Waals surface area contributed by atoms with Gasteiger partial charge < -0.3 is 9.42 Å². The molecule has 0 saturated carbocycles. The first kappa shape index (κ1) is 21.8. The quantitative estimate of drug-likeness (QED) is 0.284. The van der Waals surface area contributed by atoms with Gasteiger partial charge in [-0.3, -0.25) is 19.9 Å². The Morgan fingerprint density at radius 2 is 1.73 bits per heavy atom. The van der Waals surface area contributed by atoms with Crippen molar-refractivity contribution in [3.8, 4) is 11.4 Å². The van der Waals surface area contributed by atoms with Crippen molar-refractivity contribution in [2.24, 2.45) is 0 Å². The number of nitro groups is 1. The van der Waals surface area contributed by atoms with Crippen LogP contribution in [-0.2, 0) is 12.8 Å². The summed E-state index contributed by atoms with van der Waals surface area (Å²) in [5.74, 6) is 0.565. The van der Waals surface area contributed by atoms with Crippen LogP contribution in [0.25, 0.3) is 11.4 Å². The molecule has 9 heteroatoms. The number of amides is 1. The summed E-state index contributed by atoms with van der Waals surface area (Å²) in [6, 6.07) is 19.1. The Hall–Kier alpha value is -4.40. The summed E-state index contributed by atoms with van der Waals surface area (Å²) in [4.78, 5) is 33.9. The van der Waals surface area contributed by atoms with E-state index in [1.54, 1.807) is 35.5 Å². The number of nitro benzene ring substituents is 1. The average molecular weight is 443 g/mol. The lowest BCUT2D eigenvalue weighted by Crippen LogP contribution is -2.34. The molecule has 0 fully saturated rings. The molecule has 0 unspecified atom stereocenters. The Balaban J connectivity index is 1.50. The maximum absolute atomic E-state index is 13.2. The first-order valence-electron chi connectivity index (χ1n) is 10.4. The minimum Gasteiger partial charge on any atom is -0.339 e. The van der Waals surface area contributed by atoms with Crippen LogP contribution >= 0.6 is 0 Å². The summed E-state index contributed by atoms with van der Waals surface area (Å²) in [5, 5.41) is 15.1. The van der Waals surface area contributed by atoms with Crippen molar-refractivity contribution in [2.75, 3.05) is 13.1 Å². The van der Waals surface area contributed by atoms with Gasteiger partial charge in [-0.1, -0.05) is 41.6 Å². The number of hydrogen-bond donors (Lipinski definition) is 0. The summed E-state index contributed by atoms with van der Waals surface area (Å²) >= 11 is 0. The molecule has 166 valence electrons. The summed E-state index contributed by atoms with van der Waals surface area (Å²) in [6.45, 7) is 0.767. The highest BCUT2D eigenvalue weighted by Crippen LogP contribution is 2.17. The highest BCUT2D eigenvalue weighted by Gasteiger charge is 2.19. The second-order valence-electron chi connectivity index (χ2n) is 7.33. The van der Waals surface area contributed by atoms with E-state index in [0.717, 1.165) is 11.1 Å². The molecule has 4 aromatic rings. The number of hydrogen-bond acceptors (Lipinski definition) is 7. The van der Waals surface area contributed by atoms with Crippen molar-refractivity contribution < 1.29 is 14.2 Å². The van der Waals surface area contributed by atoms with Gasteiger partial charge in [0.2, 0.25) is 11.7 Å². The van der Waals surface area contributed by atoms with Crippen molar-refractivity contribution >= 4 is 11.6 Å². The molecule has 4 rings (SSSR count). The Morgan fingerprint density at radius 3 is 2.48 bits per heavy atom. The van der Waals surface area contributed by atoms with Crippen LogP contribution in [-0.4, -0.2) is 43.9 Å². The van der Waals surface area contributed by atoms with Crippen molar-refractivity contribution in [3.05, 3.63) is 106 Å². The molecular weight excluding hydrogens is 422 g/mol. The number of non-ortho nitro benzene ring substituents is 1. The molecule has 0 atom stereocenters. The first-order valence-corrected chi connectivity index (χ1v) is 10.4. The van der Waals surface area contributed by atoms with Gasteiger partial charge in [0.05, 0.1) is 4.92 Å². The fraction of sp³-hybridized carbons (Fsp3) is 0.167. The third-order valence-corrected chi connectivity index (χ3v) is 5.11. The first-order chi connectivity index (χ1) is 16.1. The van der Waals surface area contributed by atoms with Crippen LogP contribution < -0.4 is 0 Å². The number of carbonyl (C=O) groups excluding carboxylic acids is 1. The van der Waals surface area contributed by atoms with Crippen LogP contribution in [0.2, 0.25) is 0 Å². The number of aromatic nitrogens is 3. The van der Waals surface area contributed by atoms with Gasteiger partial charge in [0.25, 0.3) is 11.6 Å². The molecule has 9 nitrogen and oxygen atoms in total. The predicted octanol–water partition coefficient (Wildman–Crippen LogP) is 3.97. The van der Waals surface area contributed by atoms with E-state index in [4.69, 9.17) is 4.52 Å². The number of benzene rings is 2. The lowest BCUT2D eigenvalue weighted by atomic mass is 10.1. The molecular formula is C24H21N5O4. The highest BCUT2D eigenvalue weighted by atomic mass is 16.6. The van der Waals surface area contributed by atoms with Crippen LogP contribution in [0.15, 0.2) is 83.6 Å². The standard InChI is InChI=1S/C24H21N5O4/c30-24(20-7-4-8-21(17-20)29(31)32)28(15-11-18-5-2-1-3-6-18)16-12-22-26-23(27-33-22)19-9-13-25-14-10-19/h1-10,13-14,17H,11-12,15-16H2. The highest BCUT2D eigenvalue weighted by molar-refractivity contribution is 5.94. The smallest absolute Gasteiger partial charge is 0.270 e. The van der Waals surface area contributed by atoms with Crippen LogP contribution in [0.1, 0.15) is 21.8 Å². The minimum atomic E-state index is -0.510. The molecule has 0 bridgehead atoms. The van der Waals surface area contributed by atoms with Gasteiger partial charge in [-0.2, -0.15) is 4.98 Å². The molecule has 33 heavy (non-hydrogen) atoms. The van der Waals surface area contributed by atoms with E-state index in [1.165, 1.54) is 18.2 Å². The molecule has 1 amide bonds. The zero-order valence-electron chi connectivity index (χ0n) is 17.7. The van der Waals surface area contributed by atoms with E-state index in [1.807, 2.05) is 30.3 Å². The lowest BCUT2D eigenvalue weighted by molar-refractivity contribution is -0.384. The molecule has 0 aliphatic heterocycles. The monoisotopic (exact) mass is 443 g/mol. The molecule has 2 heterocycles. The van der Waals surface area contributed by atoms with Gasteiger partial charge in [0.15, 0.2) is 0 Å². The van der Waals surface area contributed by atoms with E-state index in [9.17, 15) is 14.9 Å². The molecule has 0 spiro atoms. The van der Waals surface area contributed by atoms with Gasteiger partial charge in [-0.15, -0.1) is 0 Å². The third-order valence-electron chi connectivity index (χ3n) is 5.11. The average Bonchev–Trinajstić information content (AvgIpc) is 3.34. The maximum Gasteiger partial charge on any atom is 0.270 e. The van der Waals surface area contributed by atoms with E-state index in [-0.39, 0.29) is 17.2 Å². The van der Waals surface area contributed by atoms with E-state index in [2.05, 4.69) is 15.1 Å². The SMILES string of the molecule is O=C(c1cccc([N+](=O)[O-])c1)N(CCc1ccccc1)CCc1nc(-c2ccncc2)no1. The fourth-order valence-corrected chi connectivity index (χ4v) is 3.36. The zero-order chi connectivity index (χ0) is 23.0. The van der Waals surface area contributed by atoms with Gasteiger partial charge >= 0.3 is 0 Å². The second kappa shape index (κ2) is 10.3. The number of rotatable bonds is 9. The lowest BCUT2D eigenvalue weighted by Gasteiger charge is -2.22. The Morgan fingerprint density at radius 1 is 0.970 bits per heavy atom. The zero-order valence-corrected chi connectivity index (χ0v) is 17.7. The third kappa shape index (κ3) is 5.65. The van der Waals surface area contributed by atoms with Crippen molar-refractivity contribution in [3.63, 3.8) is 0 Å². The van der Waals surface area contributed by atoms with Crippen LogP contribution in [0.4, 0.5) is 5.69 Å². The van der Waals surface area contributed by atoms with Crippen molar-refractivity contribution in [2.45, 2.75) is 12.8 Å². The summed E-state index contributed by atoms with van der Waals surface area (Å²) in [6.07, 6.45) is 4.30. The summed E-state index contributed by atoms with van der Waals surface area (Å²) < 4.78 is 5.36. The number of carbonyl (C=O) groups is 1. The van der Waals surface area contributed by atoms with Crippen LogP contribution in [0, 0.1) is 10.1 Å². The fourth-order valence-electron chi connectivity index (χ4n) is 3.36. The van der Waals surface area contributed by atoms with Crippen LogP contribution in [0.3, 0.4) is 0 Å². The Kier molecular flexibility index (Phi) is 6.79. The van der Waals surface area contributed by atoms with Crippen LogP contribution in [0.5, 0.6) is 0 Å². The normalized spacial score (nSPS) is 10.7.